The van der Waals surface area contributed by atoms with Crippen LogP contribution in [-0.2, 0) is 13.6 Å². The van der Waals surface area contributed by atoms with Crippen molar-refractivity contribution in [3.8, 4) is 0 Å². The second kappa shape index (κ2) is 6.72. The molecular weight excluding hydrogens is 314 g/mol. The lowest BCUT2D eigenvalue weighted by Gasteiger charge is -2.16. The zero-order chi connectivity index (χ0) is 17.2. The number of hydrogen-bond donors (Lipinski definition) is 2. The molecule has 2 N–H and O–H groups in total. The molecule has 1 aliphatic heterocycles. The Balaban J connectivity index is 1.30. The predicted molar refractivity (Wildman–Crippen MR) is 97.2 cm³/mol. The number of rotatable bonds is 5. The first-order valence-corrected chi connectivity index (χ1v) is 8.73. The number of fused-ring (bicyclic) bond motifs is 1. The molecule has 1 aliphatic rings. The molecule has 1 atom stereocenters. The molecule has 1 saturated heterocycles. The van der Waals surface area contributed by atoms with Crippen LogP contribution < -0.4 is 5.32 Å². The van der Waals surface area contributed by atoms with Gasteiger partial charge in [0.2, 0.25) is 0 Å². The number of amides is 1. The van der Waals surface area contributed by atoms with Gasteiger partial charge in [0, 0.05) is 43.4 Å². The number of carbonyl (C=O) groups excluding carboxylic acids is 1. The van der Waals surface area contributed by atoms with Gasteiger partial charge < -0.3 is 14.9 Å². The Hall–Kier alpha value is -2.60. The van der Waals surface area contributed by atoms with Crippen molar-refractivity contribution in [2.45, 2.75) is 13.0 Å². The van der Waals surface area contributed by atoms with E-state index in [0.29, 0.717) is 18.2 Å². The number of para-hydroxylation sites is 1. The van der Waals surface area contributed by atoms with Gasteiger partial charge in [0.15, 0.2) is 0 Å². The summed E-state index contributed by atoms with van der Waals surface area (Å²) < 4.78 is 2.06. The summed E-state index contributed by atoms with van der Waals surface area (Å²) in [6.45, 7) is 3.64. The SMILES string of the molecule is Cn1ccnc1CN1CC[C@@H](CNC(=O)c2cc3ccccc3[nH]2)C1. The molecule has 4 rings (SSSR count). The Morgan fingerprint density at radius 1 is 1.40 bits per heavy atom. The van der Waals surface area contributed by atoms with Crippen molar-refractivity contribution in [2.75, 3.05) is 19.6 Å². The number of nitrogens with one attached hydrogen (secondary N) is 2. The highest BCUT2D eigenvalue weighted by atomic mass is 16.1. The number of H-pyrrole nitrogens is 1. The number of likely N-dealkylation sites (tertiary alicyclic amines) is 1. The molecule has 6 heteroatoms. The lowest BCUT2D eigenvalue weighted by atomic mass is 10.1. The maximum Gasteiger partial charge on any atom is 0.267 e. The Morgan fingerprint density at radius 3 is 3.08 bits per heavy atom. The molecule has 25 heavy (non-hydrogen) atoms. The van der Waals surface area contributed by atoms with E-state index in [0.717, 1.165) is 42.8 Å². The summed E-state index contributed by atoms with van der Waals surface area (Å²) in [4.78, 5) is 22.4. The number of aromatic nitrogens is 3. The standard InChI is InChI=1S/C19H23N5O/c1-23-9-7-20-18(23)13-24-8-6-14(12-24)11-21-19(25)17-10-15-4-2-3-5-16(15)22-17/h2-5,7,9-10,14,22H,6,8,11-13H2,1H3,(H,21,25)/t14-/m0/s1. The second-order valence-corrected chi connectivity index (χ2v) is 6.82. The largest absolute Gasteiger partial charge is 0.351 e. The average Bonchev–Trinajstić information content (AvgIpc) is 3.33. The van der Waals surface area contributed by atoms with Crippen LogP contribution in [0.3, 0.4) is 0 Å². The summed E-state index contributed by atoms with van der Waals surface area (Å²) in [7, 11) is 2.02. The fourth-order valence-corrected chi connectivity index (χ4v) is 3.50. The van der Waals surface area contributed by atoms with Crippen molar-refractivity contribution >= 4 is 16.8 Å². The zero-order valence-electron chi connectivity index (χ0n) is 14.4. The van der Waals surface area contributed by atoms with Crippen molar-refractivity contribution in [3.63, 3.8) is 0 Å². The summed E-state index contributed by atoms with van der Waals surface area (Å²) in [6.07, 6.45) is 4.92. The lowest BCUT2D eigenvalue weighted by Crippen LogP contribution is -2.31. The number of hydrogen-bond acceptors (Lipinski definition) is 3. The van der Waals surface area contributed by atoms with Crippen LogP contribution >= 0.6 is 0 Å². The molecule has 1 fully saturated rings. The molecule has 0 bridgehead atoms. The van der Waals surface area contributed by atoms with Gasteiger partial charge in [0.1, 0.15) is 11.5 Å². The van der Waals surface area contributed by atoms with Crippen LogP contribution in [0.25, 0.3) is 10.9 Å². The summed E-state index contributed by atoms with van der Waals surface area (Å²) in [5, 5.41) is 4.14. The predicted octanol–water partition coefficient (Wildman–Crippen LogP) is 2.15. The van der Waals surface area contributed by atoms with E-state index in [1.807, 2.05) is 49.8 Å². The molecule has 3 heterocycles. The molecule has 0 unspecified atom stereocenters. The van der Waals surface area contributed by atoms with Gasteiger partial charge in [-0.1, -0.05) is 18.2 Å². The number of imidazole rings is 1. The number of aryl methyl sites for hydroxylation is 1. The van der Waals surface area contributed by atoms with E-state index in [1.165, 1.54) is 0 Å². The summed E-state index contributed by atoms with van der Waals surface area (Å²) in [5.74, 6) is 1.55. The van der Waals surface area contributed by atoms with Crippen LogP contribution in [0.4, 0.5) is 0 Å². The van der Waals surface area contributed by atoms with E-state index < -0.39 is 0 Å². The van der Waals surface area contributed by atoms with E-state index in [4.69, 9.17) is 0 Å². The summed E-state index contributed by atoms with van der Waals surface area (Å²) >= 11 is 0. The van der Waals surface area contributed by atoms with Gasteiger partial charge in [-0.3, -0.25) is 9.69 Å². The number of benzene rings is 1. The minimum Gasteiger partial charge on any atom is -0.351 e. The van der Waals surface area contributed by atoms with Crippen molar-refractivity contribution in [3.05, 3.63) is 54.2 Å². The monoisotopic (exact) mass is 337 g/mol. The van der Waals surface area contributed by atoms with Crippen molar-refractivity contribution in [1.29, 1.82) is 0 Å². The smallest absolute Gasteiger partial charge is 0.267 e. The van der Waals surface area contributed by atoms with Crippen molar-refractivity contribution in [1.82, 2.24) is 24.8 Å². The maximum atomic E-state index is 12.4. The first-order valence-electron chi connectivity index (χ1n) is 8.73. The fourth-order valence-electron chi connectivity index (χ4n) is 3.50. The quantitative estimate of drug-likeness (QED) is 0.750. The maximum absolute atomic E-state index is 12.4. The molecule has 0 saturated carbocycles. The van der Waals surface area contributed by atoms with Gasteiger partial charge in [0.25, 0.3) is 5.91 Å². The lowest BCUT2D eigenvalue weighted by molar-refractivity contribution is 0.0943. The third-order valence-corrected chi connectivity index (χ3v) is 4.98. The van der Waals surface area contributed by atoms with Gasteiger partial charge in [0.05, 0.1) is 6.54 Å². The van der Waals surface area contributed by atoms with Crippen molar-refractivity contribution < 1.29 is 4.79 Å². The molecule has 0 aliphatic carbocycles. The molecular formula is C19H23N5O. The van der Waals surface area contributed by atoms with Crippen LogP contribution in [0.2, 0.25) is 0 Å². The Labute approximate surface area is 146 Å². The van der Waals surface area contributed by atoms with Gasteiger partial charge in [-0.2, -0.15) is 0 Å². The first-order chi connectivity index (χ1) is 12.2. The molecule has 0 radical (unpaired) electrons. The highest BCUT2D eigenvalue weighted by molar-refractivity contribution is 5.97. The number of nitrogens with zero attached hydrogens (tertiary/aromatic N) is 3. The molecule has 3 aromatic rings. The summed E-state index contributed by atoms with van der Waals surface area (Å²) in [5.41, 5.74) is 1.62. The molecule has 1 amide bonds. The summed E-state index contributed by atoms with van der Waals surface area (Å²) in [6, 6.07) is 9.85. The van der Waals surface area contributed by atoms with Gasteiger partial charge in [-0.15, -0.1) is 0 Å². The number of aromatic amines is 1. The van der Waals surface area contributed by atoms with Crippen LogP contribution in [0.15, 0.2) is 42.7 Å². The third kappa shape index (κ3) is 3.44. The molecule has 2 aromatic heterocycles. The van der Waals surface area contributed by atoms with Crippen LogP contribution in [0.1, 0.15) is 22.7 Å². The average molecular weight is 337 g/mol. The van der Waals surface area contributed by atoms with E-state index in [1.54, 1.807) is 0 Å². The van der Waals surface area contributed by atoms with E-state index in [-0.39, 0.29) is 5.91 Å². The second-order valence-electron chi connectivity index (χ2n) is 6.82. The molecule has 130 valence electrons. The number of carbonyl (C=O) groups is 1. The Morgan fingerprint density at radius 2 is 2.28 bits per heavy atom. The van der Waals surface area contributed by atoms with Gasteiger partial charge in [-0.05, 0) is 31.0 Å². The highest BCUT2D eigenvalue weighted by Gasteiger charge is 2.24. The Bertz CT molecular complexity index is 848. The zero-order valence-corrected chi connectivity index (χ0v) is 14.4. The van der Waals surface area contributed by atoms with Crippen LogP contribution in [0.5, 0.6) is 0 Å². The topological polar surface area (TPSA) is 66.0 Å². The van der Waals surface area contributed by atoms with E-state index in [9.17, 15) is 4.79 Å². The van der Waals surface area contributed by atoms with Gasteiger partial charge >= 0.3 is 0 Å². The molecule has 0 spiro atoms. The Kier molecular flexibility index (Phi) is 4.28. The highest BCUT2D eigenvalue weighted by Crippen LogP contribution is 2.18. The third-order valence-electron chi connectivity index (χ3n) is 4.98. The molecule has 1 aromatic carbocycles. The van der Waals surface area contributed by atoms with Crippen molar-refractivity contribution in [2.24, 2.45) is 13.0 Å². The minimum absolute atomic E-state index is 0.0289. The van der Waals surface area contributed by atoms with Crippen LogP contribution in [0, 0.1) is 5.92 Å². The van der Waals surface area contributed by atoms with E-state index >= 15 is 0 Å². The van der Waals surface area contributed by atoms with E-state index in [2.05, 4.69) is 24.8 Å². The first kappa shape index (κ1) is 15.9. The fraction of sp³-hybridized carbons (Fsp3) is 0.368. The minimum atomic E-state index is -0.0289. The van der Waals surface area contributed by atoms with Crippen LogP contribution in [-0.4, -0.2) is 45.0 Å². The normalized spacial score (nSPS) is 18.0. The van der Waals surface area contributed by atoms with Gasteiger partial charge in [-0.25, -0.2) is 4.98 Å². The molecule has 6 nitrogen and oxygen atoms in total.